The summed E-state index contributed by atoms with van der Waals surface area (Å²) in [5, 5.41) is 7.76. The van der Waals surface area contributed by atoms with E-state index < -0.39 is 10.0 Å². The second-order valence-corrected chi connectivity index (χ2v) is 6.92. The van der Waals surface area contributed by atoms with Crippen molar-refractivity contribution in [3.05, 3.63) is 18.0 Å². The van der Waals surface area contributed by atoms with Crippen LogP contribution in [0.1, 0.15) is 38.2 Å². The molecule has 0 spiro atoms. The molecule has 6 nitrogen and oxygen atoms in total. The highest BCUT2D eigenvalue weighted by Crippen LogP contribution is 2.19. The van der Waals surface area contributed by atoms with Gasteiger partial charge in [-0.25, -0.2) is 13.6 Å². The standard InChI is InChI=1S/C11H19N3O3S/c1-7(11(2,3)4)14-10(15)9-5-8(6-13-9)18(12,16)17/h5-7,13H,1-4H3,(H,14,15)(H2,12,16,17). The lowest BCUT2D eigenvalue weighted by atomic mass is 9.88. The Morgan fingerprint density at radius 2 is 2.00 bits per heavy atom. The van der Waals surface area contributed by atoms with Crippen molar-refractivity contribution < 1.29 is 13.2 Å². The average molecular weight is 273 g/mol. The van der Waals surface area contributed by atoms with Gasteiger partial charge in [0.1, 0.15) is 5.69 Å². The molecule has 1 amide bonds. The molecule has 0 saturated heterocycles. The van der Waals surface area contributed by atoms with Crippen LogP contribution in [-0.2, 0) is 10.0 Å². The van der Waals surface area contributed by atoms with Crippen molar-refractivity contribution in [2.24, 2.45) is 10.6 Å². The molecule has 1 aromatic rings. The predicted molar refractivity (Wildman–Crippen MR) is 68.5 cm³/mol. The zero-order valence-electron chi connectivity index (χ0n) is 10.9. The number of carbonyl (C=O) groups is 1. The van der Waals surface area contributed by atoms with Gasteiger partial charge in [0, 0.05) is 12.2 Å². The third kappa shape index (κ3) is 3.58. The van der Waals surface area contributed by atoms with Crippen LogP contribution in [0, 0.1) is 5.41 Å². The van der Waals surface area contributed by atoms with Crippen molar-refractivity contribution in [1.82, 2.24) is 10.3 Å². The van der Waals surface area contributed by atoms with Crippen LogP contribution in [0.4, 0.5) is 0 Å². The van der Waals surface area contributed by atoms with Gasteiger partial charge in [0.25, 0.3) is 5.91 Å². The number of nitrogens with one attached hydrogen (secondary N) is 2. The fraction of sp³-hybridized carbons (Fsp3) is 0.545. The summed E-state index contributed by atoms with van der Waals surface area (Å²) < 4.78 is 22.2. The largest absolute Gasteiger partial charge is 0.356 e. The number of primary sulfonamides is 1. The molecule has 0 aliphatic carbocycles. The molecule has 1 unspecified atom stereocenters. The summed E-state index contributed by atoms with van der Waals surface area (Å²) in [6.45, 7) is 7.90. The molecule has 7 heteroatoms. The van der Waals surface area contributed by atoms with Gasteiger partial charge in [-0.05, 0) is 18.4 Å². The monoisotopic (exact) mass is 273 g/mol. The fourth-order valence-electron chi connectivity index (χ4n) is 1.16. The summed E-state index contributed by atoms with van der Waals surface area (Å²) in [6.07, 6.45) is 1.20. The van der Waals surface area contributed by atoms with Crippen LogP contribution in [0.25, 0.3) is 0 Å². The molecule has 0 radical (unpaired) electrons. The topological polar surface area (TPSA) is 105 Å². The smallest absolute Gasteiger partial charge is 0.267 e. The number of nitrogens with two attached hydrogens (primary N) is 1. The second kappa shape index (κ2) is 4.74. The Balaban J connectivity index is 2.84. The van der Waals surface area contributed by atoms with E-state index in [1.54, 1.807) is 0 Å². The lowest BCUT2D eigenvalue weighted by Crippen LogP contribution is -2.41. The molecule has 0 aliphatic rings. The number of hydrogen-bond donors (Lipinski definition) is 3. The van der Waals surface area contributed by atoms with Gasteiger partial charge in [-0.15, -0.1) is 0 Å². The first-order chi connectivity index (χ1) is 8.01. The number of amides is 1. The summed E-state index contributed by atoms with van der Waals surface area (Å²) in [6, 6.07) is 1.17. The number of rotatable bonds is 3. The summed E-state index contributed by atoms with van der Waals surface area (Å²) in [4.78, 5) is 14.4. The van der Waals surface area contributed by atoms with E-state index in [4.69, 9.17) is 5.14 Å². The summed E-state index contributed by atoms with van der Waals surface area (Å²) in [7, 11) is -3.78. The van der Waals surface area contributed by atoms with E-state index in [0.717, 1.165) is 0 Å². The normalized spacial score (nSPS) is 14.3. The highest BCUT2D eigenvalue weighted by Gasteiger charge is 2.23. The van der Waals surface area contributed by atoms with Crippen LogP contribution in [0.2, 0.25) is 0 Å². The molecular weight excluding hydrogens is 254 g/mol. The van der Waals surface area contributed by atoms with Gasteiger partial charge in [0.05, 0.1) is 4.90 Å². The summed E-state index contributed by atoms with van der Waals surface area (Å²) >= 11 is 0. The molecule has 0 bridgehead atoms. The van der Waals surface area contributed by atoms with E-state index in [-0.39, 0.29) is 28.0 Å². The van der Waals surface area contributed by atoms with Crippen molar-refractivity contribution in [3.63, 3.8) is 0 Å². The van der Waals surface area contributed by atoms with Gasteiger partial charge in [-0.1, -0.05) is 20.8 Å². The van der Waals surface area contributed by atoms with Gasteiger partial charge in [-0.3, -0.25) is 4.79 Å². The number of aromatic amines is 1. The first-order valence-corrected chi connectivity index (χ1v) is 7.08. The number of H-pyrrole nitrogens is 1. The van der Waals surface area contributed by atoms with Crippen LogP contribution in [0.5, 0.6) is 0 Å². The van der Waals surface area contributed by atoms with Gasteiger partial charge in [0.2, 0.25) is 10.0 Å². The molecule has 0 aliphatic heterocycles. The van der Waals surface area contributed by atoms with Crippen molar-refractivity contribution in [2.75, 3.05) is 0 Å². The fourth-order valence-corrected chi connectivity index (χ4v) is 1.67. The Kier molecular flexibility index (Phi) is 3.87. The third-order valence-corrected chi connectivity index (χ3v) is 3.77. The van der Waals surface area contributed by atoms with Crippen LogP contribution >= 0.6 is 0 Å². The zero-order valence-corrected chi connectivity index (χ0v) is 11.8. The van der Waals surface area contributed by atoms with Crippen molar-refractivity contribution in [3.8, 4) is 0 Å². The molecule has 0 saturated carbocycles. The van der Waals surface area contributed by atoms with E-state index in [0.29, 0.717) is 0 Å². The molecule has 4 N–H and O–H groups in total. The van der Waals surface area contributed by atoms with Crippen LogP contribution in [0.3, 0.4) is 0 Å². The van der Waals surface area contributed by atoms with Gasteiger partial charge in [-0.2, -0.15) is 0 Å². The molecule has 102 valence electrons. The number of aromatic nitrogens is 1. The van der Waals surface area contributed by atoms with Gasteiger partial charge in [0.15, 0.2) is 0 Å². The third-order valence-electron chi connectivity index (χ3n) is 2.88. The second-order valence-electron chi connectivity index (χ2n) is 5.36. The lowest BCUT2D eigenvalue weighted by molar-refractivity contribution is 0.0905. The maximum absolute atomic E-state index is 11.9. The van der Waals surface area contributed by atoms with Crippen LogP contribution in [-0.4, -0.2) is 25.4 Å². The molecule has 1 atom stereocenters. The lowest BCUT2D eigenvalue weighted by Gasteiger charge is -2.27. The first kappa shape index (κ1) is 14.7. The van der Waals surface area contributed by atoms with E-state index in [9.17, 15) is 13.2 Å². The minimum absolute atomic E-state index is 0.0498. The Morgan fingerprint density at radius 1 is 1.44 bits per heavy atom. The molecule has 0 fully saturated rings. The Morgan fingerprint density at radius 3 is 2.39 bits per heavy atom. The Hall–Kier alpha value is -1.34. The Labute approximate surface area is 107 Å². The number of hydrogen-bond acceptors (Lipinski definition) is 3. The maximum Gasteiger partial charge on any atom is 0.267 e. The molecule has 1 aromatic heterocycles. The molecule has 18 heavy (non-hydrogen) atoms. The van der Waals surface area contributed by atoms with Crippen molar-refractivity contribution in [1.29, 1.82) is 0 Å². The number of sulfonamides is 1. The van der Waals surface area contributed by atoms with E-state index in [1.165, 1.54) is 12.3 Å². The van der Waals surface area contributed by atoms with Crippen molar-refractivity contribution >= 4 is 15.9 Å². The minimum Gasteiger partial charge on any atom is -0.356 e. The first-order valence-electron chi connectivity index (χ1n) is 5.54. The van der Waals surface area contributed by atoms with Crippen LogP contribution in [0.15, 0.2) is 17.2 Å². The molecular formula is C11H19N3O3S. The molecule has 1 rings (SSSR count). The van der Waals surface area contributed by atoms with Crippen LogP contribution < -0.4 is 10.5 Å². The Bertz CT molecular complexity index is 540. The number of carbonyl (C=O) groups excluding carboxylic acids is 1. The summed E-state index contributed by atoms with van der Waals surface area (Å²) in [5.74, 6) is -0.354. The predicted octanol–water partition coefficient (Wildman–Crippen LogP) is 0.827. The van der Waals surface area contributed by atoms with Gasteiger partial charge >= 0.3 is 0 Å². The quantitative estimate of drug-likeness (QED) is 0.759. The highest BCUT2D eigenvalue weighted by atomic mass is 32.2. The molecule has 0 aromatic carbocycles. The zero-order chi connectivity index (χ0) is 14.1. The highest BCUT2D eigenvalue weighted by molar-refractivity contribution is 7.89. The van der Waals surface area contributed by atoms with Crippen molar-refractivity contribution in [2.45, 2.75) is 38.6 Å². The minimum atomic E-state index is -3.78. The van der Waals surface area contributed by atoms with E-state index in [2.05, 4.69) is 10.3 Å². The van der Waals surface area contributed by atoms with E-state index >= 15 is 0 Å². The average Bonchev–Trinajstić information content (AvgIpc) is 2.63. The summed E-state index contributed by atoms with van der Waals surface area (Å²) in [5.41, 5.74) is 0.0977. The van der Waals surface area contributed by atoms with Gasteiger partial charge < -0.3 is 10.3 Å². The molecule has 1 heterocycles. The van der Waals surface area contributed by atoms with E-state index in [1.807, 2.05) is 27.7 Å². The SMILES string of the molecule is CC(NC(=O)c1cc(S(N)(=O)=O)c[nH]1)C(C)(C)C. The maximum atomic E-state index is 11.9.